The standard InChI is InChI=1S/C20H27FN4O2/c1-25(20(26)19-14-27-12-10-22-19)11-4-2-3-5-17-13-18(24-23-17)15-6-8-16(21)9-7-15/h6-9,13,19,22H,2-5,10-12,14H2,1H3,(H,23,24). The van der Waals surface area contributed by atoms with Gasteiger partial charge in [-0.25, -0.2) is 4.39 Å². The Balaban J connectivity index is 1.35. The van der Waals surface area contributed by atoms with E-state index in [1.165, 1.54) is 12.1 Å². The van der Waals surface area contributed by atoms with Gasteiger partial charge in [-0.15, -0.1) is 0 Å². The van der Waals surface area contributed by atoms with Gasteiger partial charge < -0.3 is 15.0 Å². The molecule has 0 bridgehead atoms. The molecule has 1 aromatic heterocycles. The topological polar surface area (TPSA) is 70.2 Å². The third kappa shape index (κ3) is 5.61. The summed E-state index contributed by atoms with van der Waals surface area (Å²) >= 11 is 0. The lowest BCUT2D eigenvalue weighted by Crippen LogP contribution is -2.51. The first-order chi connectivity index (χ1) is 13.1. The van der Waals surface area contributed by atoms with Crippen LogP contribution in [0, 0.1) is 5.82 Å². The number of rotatable bonds is 8. The third-order valence-electron chi connectivity index (χ3n) is 4.81. The van der Waals surface area contributed by atoms with Gasteiger partial charge in [0.2, 0.25) is 5.91 Å². The van der Waals surface area contributed by atoms with E-state index in [0.29, 0.717) is 13.2 Å². The van der Waals surface area contributed by atoms with E-state index in [9.17, 15) is 9.18 Å². The number of hydrogen-bond acceptors (Lipinski definition) is 4. The van der Waals surface area contributed by atoms with E-state index in [4.69, 9.17) is 4.74 Å². The first-order valence-electron chi connectivity index (χ1n) is 9.50. The van der Waals surface area contributed by atoms with Gasteiger partial charge in [-0.05, 0) is 49.6 Å². The highest BCUT2D eigenvalue weighted by atomic mass is 19.1. The van der Waals surface area contributed by atoms with Crippen LogP contribution in [0.1, 0.15) is 25.0 Å². The Kier molecular flexibility index (Phi) is 6.95. The van der Waals surface area contributed by atoms with E-state index in [1.807, 2.05) is 13.1 Å². The molecule has 1 aliphatic rings. The minimum absolute atomic E-state index is 0.104. The molecule has 27 heavy (non-hydrogen) atoms. The normalized spacial score (nSPS) is 17.0. The number of aromatic amines is 1. The average Bonchev–Trinajstić information content (AvgIpc) is 3.17. The zero-order valence-electron chi connectivity index (χ0n) is 15.7. The van der Waals surface area contributed by atoms with Crippen LogP contribution in [0.15, 0.2) is 30.3 Å². The number of likely N-dealkylation sites (N-methyl/N-ethyl adjacent to an activating group) is 1. The Morgan fingerprint density at radius 3 is 2.85 bits per heavy atom. The van der Waals surface area contributed by atoms with E-state index >= 15 is 0 Å². The molecule has 0 spiro atoms. The first-order valence-corrected chi connectivity index (χ1v) is 9.50. The van der Waals surface area contributed by atoms with E-state index in [-0.39, 0.29) is 17.8 Å². The number of halogens is 1. The Bertz CT molecular complexity index is 726. The number of aromatic nitrogens is 2. The Labute approximate surface area is 159 Å². The largest absolute Gasteiger partial charge is 0.378 e. The fourth-order valence-electron chi connectivity index (χ4n) is 3.20. The van der Waals surface area contributed by atoms with Crippen LogP contribution in [0.3, 0.4) is 0 Å². The predicted octanol–water partition coefficient (Wildman–Crippen LogP) is 2.38. The van der Waals surface area contributed by atoms with E-state index in [0.717, 1.165) is 55.7 Å². The fourth-order valence-corrected chi connectivity index (χ4v) is 3.20. The minimum Gasteiger partial charge on any atom is -0.378 e. The van der Waals surface area contributed by atoms with E-state index in [2.05, 4.69) is 15.5 Å². The maximum absolute atomic E-state index is 13.0. The van der Waals surface area contributed by atoms with Crippen molar-refractivity contribution in [3.63, 3.8) is 0 Å². The molecule has 6 nitrogen and oxygen atoms in total. The van der Waals surface area contributed by atoms with Gasteiger partial charge >= 0.3 is 0 Å². The van der Waals surface area contributed by atoms with Gasteiger partial charge in [0.1, 0.15) is 11.9 Å². The van der Waals surface area contributed by atoms with Gasteiger partial charge in [-0.2, -0.15) is 5.10 Å². The van der Waals surface area contributed by atoms with E-state index < -0.39 is 0 Å². The molecule has 2 N–H and O–H groups in total. The average molecular weight is 374 g/mol. The number of amides is 1. The van der Waals surface area contributed by atoms with Gasteiger partial charge in [0, 0.05) is 31.4 Å². The number of carbonyl (C=O) groups is 1. The molecule has 1 amide bonds. The van der Waals surface area contributed by atoms with Crippen molar-refractivity contribution in [3.8, 4) is 11.3 Å². The molecule has 3 rings (SSSR count). The van der Waals surface area contributed by atoms with Gasteiger partial charge in [0.15, 0.2) is 0 Å². The maximum atomic E-state index is 13.0. The van der Waals surface area contributed by atoms with Crippen LogP contribution in [0.25, 0.3) is 11.3 Å². The summed E-state index contributed by atoms with van der Waals surface area (Å²) in [4.78, 5) is 14.1. The Morgan fingerprint density at radius 1 is 1.30 bits per heavy atom. The third-order valence-corrected chi connectivity index (χ3v) is 4.81. The van der Waals surface area contributed by atoms with Crippen LogP contribution < -0.4 is 5.32 Å². The molecule has 1 aromatic carbocycles. The van der Waals surface area contributed by atoms with Crippen molar-refractivity contribution in [3.05, 3.63) is 41.8 Å². The molecule has 7 heteroatoms. The fraction of sp³-hybridized carbons (Fsp3) is 0.500. The summed E-state index contributed by atoms with van der Waals surface area (Å²) in [6.07, 6.45) is 3.94. The molecular formula is C20H27FN4O2. The second-order valence-electron chi connectivity index (χ2n) is 6.94. The highest BCUT2D eigenvalue weighted by Gasteiger charge is 2.23. The lowest BCUT2D eigenvalue weighted by atomic mass is 10.1. The minimum atomic E-state index is -0.246. The van der Waals surface area contributed by atoms with Crippen LogP contribution in [0.5, 0.6) is 0 Å². The van der Waals surface area contributed by atoms with Gasteiger partial charge in [0.05, 0.1) is 18.9 Å². The molecule has 1 unspecified atom stereocenters. The molecule has 1 atom stereocenters. The molecular weight excluding hydrogens is 347 g/mol. The summed E-state index contributed by atoms with van der Waals surface area (Å²) in [5, 5.41) is 10.5. The molecule has 1 aliphatic heterocycles. The molecule has 146 valence electrons. The van der Waals surface area contributed by atoms with Crippen LogP contribution >= 0.6 is 0 Å². The summed E-state index contributed by atoms with van der Waals surface area (Å²) < 4.78 is 18.3. The monoisotopic (exact) mass is 374 g/mol. The molecule has 2 heterocycles. The van der Waals surface area contributed by atoms with Gasteiger partial charge in [-0.3, -0.25) is 9.89 Å². The van der Waals surface area contributed by atoms with Gasteiger partial charge in [-0.1, -0.05) is 6.42 Å². The van der Waals surface area contributed by atoms with Crippen LogP contribution in [0.2, 0.25) is 0 Å². The first kappa shape index (κ1) is 19.5. The highest BCUT2D eigenvalue weighted by Crippen LogP contribution is 2.19. The smallest absolute Gasteiger partial charge is 0.241 e. The zero-order valence-corrected chi connectivity index (χ0v) is 15.7. The number of ether oxygens (including phenoxy) is 1. The van der Waals surface area contributed by atoms with Crippen LogP contribution in [-0.2, 0) is 16.0 Å². The summed E-state index contributed by atoms with van der Waals surface area (Å²) in [7, 11) is 1.85. The maximum Gasteiger partial charge on any atom is 0.241 e. The van der Waals surface area contributed by atoms with Crippen molar-refractivity contribution in [1.82, 2.24) is 20.4 Å². The number of nitrogens with zero attached hydrogens (tertiary/aromatic N) is 2. The number of hydrogen-bond donors (Lipinski definition) is 2. The Morgan fingerprint density at radius 2 is 2.11 bits per heavy atom. The Hall–Kier alpha value is -2.25. The summed E-state index contributed by atoms with van der Waals surface area (Å²) in [5.41, 5.74) is 2.80. The number of unbranched alkanes of at least 4 members (excludes halogenated alkanes) is 2. The second-order valence-corrected chi connectivity index (χ2v) is 6.94. The highest BCUT2D eigenvalue weighted by molar-refractivity contribution is 5.81. The number of nitrogens with one attached hydrogen (secondary N) is 2. The second kappa shape index (κ2) is 9.62. The number of carbonyl (C=O) groups excluding carboxylic acids is 1. The van der Waals surface area contributed by atoms with Crippen molar-refractivity contribution in [1.29, 1.82) is 0 Å². The SMILES string of the molecule is CN(CCCCCc1cc(-c2ccc(F)cc2)n[nH]1)C(=O)C1COCCN1. The lowest BCUT2D eigenvalue weighted by Gasteiger charge is -2.27. The van der Waals surface area contributed by atoms with Crippen LogP contribution in [0.4, 0.5) is 4.39 Å². The molecule has 0 aliphatic carbocycles. The number of benzene rings is 1. The number of morpholine rings is 1. The zero-order chi connectivity index (χ0) is 19.1. The number of H-pyrrole nitrogens is 1. The summed E-state index contributed by atoms with van der Waals surface area (Å²) in [6, 6.07) is 8.14. The summed E-state index contributed by atoms with van der Waals surface area (Å²) in [5.74, 6) is -0.142. The van der Waals surface area contributed by atoms with Crippen molar-refractivity contribution in [2.45, 2.75) is 31.7 Å². The van der Waals surface area contributed by atoms with Crippen molar-refractivity contribution in [2.24, 2.45) is 0 Å². The molecule has 0 radical (unpaired) electrons. The molecule has 1 saturated heterocycles. The predicted molar refractivity (Wildman–Crippen MR) is 102 cm³/mol. The van der Waals surface area contributed by atoms with Crippen molar-refractivity contribution in [2.75, 3.05) is 33.4 Å². The molecule has 2 aromatic rings. The van der Waals surface area contributed by atoms with Gasteiger partial charge in [0.25, 0.3) is 0 Å². The van der Waals surface area contributed by atoms with E-state index in [1.54, 1.807) is 17.0 Å². The quantitative estimate of drug-likeness (QED) is 0.696. The molecule has 0 saturated carbocycles. The lowest BCUT2D eigenvalue weighted by molar-refractivity contribution is -0.135. The van der Waals surface area contributed by atoms with Crippen molar-refractivity contribution >= 4 is 5.91 Å². The van der Waals surface area contributed by atoms with Crippen molar-refractivity contribution < 1.29 is 13.9 Å². The molecule has 1 fully saturated rings. The van der Waals surface area contributed by atoms with Crippen LogP contribution in [-0.4, -0.2) is 60.4 Å². The number of aryl methyl sites for hydroxylation is 1. The summed E-state index contributed by atoms with van der Waals surface area (Å²) in [6.45, 7) is 2.61.